The SMILES string of the molecule is CS(=O)(=O)[C@@H]1CN(Cc2cccc3c2OCCO3)C[C@H]1C(F)(F)F. The quantitative estimate of drug-likeness (QED) is 0.819. The lowest BCUT2D eigenvalue weighted by molar-refractivity contribution is -0.169. The Hall–Kier alpha value is -1.48. The second kappa shape index (κ2) is 6.11. The average molecular weight is 365 g/mol. The third-order valence-electron chi connectivity index (χ3n) is 4.35. The number of nitrogens with zero attached hydrogens (tertiary/aromatic N) is 1. The van der Waals surface area contributed by atoms with Gasteiger partial charge in [0.2, 0.25) is 0 Å². The fourth-order valence-corrected chi connectivity index (χ4v) is 4.55. The van der Waals surface area contributed by atoms with E-state index in [0.717, 1.165) is 6.26 Å². The molecule has 5 nitrogen and oxygen atoms in total. The minimum absolute atomic E-state index is 0.145. The maximum Gasteiger partial charge on any atom is 0.394 e. The number of sulfone groups is 1. The molecule has 2 aliphatic heterocycles. The van der Waals surface area contributed by atoms with Crippen LogP contribution in [0.15, 0.2) is 18.2 Å². The zero-order valence-electron chi connectivity index (χ0n) is 13.0. The second-order valence-electron chi connectivity index (χ2n) is 6.15. The number of alkyl halides is 3. The van der Waals surface area contributed by atoms with E-state index >= 15 is 0 Å². The lowest BCUT2D eigenvalue weighted by atomic mass is 10.1. The molecule has 1 saturated heterocycles. The summed E-state index contributed by atoms with van der Waals surface area (Å²) in [7, 11) is -3.80. The zero-order chi connectivity index (χ0) is 17.5. The highest BCUT2D eigenvalue weighted by atomic mass is 32.2. The predicted octanol–water partition coefficient (Wildman–Crippen LogP) is 1.87. The molecule has 9 heteroatoms. The molecule has 0 saturated carbocycles. The van der Waals surface area contributed by atoms with Gasteiger partial charge in [-0.1, -0.05) is 12.1 Å². The Bertz CT molecular complexity index is 720. The number of rotatable bonds is 3. The van der Waals surface area contributed by atoms with Gasteiger partial charge in [-0.15, -0.1) is 0 Å². The van der Waals surface area contributed by atoms with Gasteiger partial charge in [-0.05, 0) is 6.07 Å². The molecule has 1 aromatic rings. The molecule has 2 heterocycles. The molecule has 0 bridgehead atoms. The maximum atomic E-state index is 13.2. The van der Waals surface area contributed by atoms with Crippen molar-refractivity contribution in [1.29, 1.82) is 0 Å². The van der Waals surface area contributed by atoms with Crippen molar-refractivity contribution in [3.63, 3.8) is 0 Å². The van der Waals surface area contributed by atoms with Crippen molar-refractivity contribution in [3.05, 3.63) is 23.8 Å². The van der Waals surface area contributed by atoms with Gasteiger partial charge < -0.3 is 9.47 Å². The van der Waals surface area contributed by atoms with E-state index in [1.165, 1.54) is 4.90 Å². The van der Waals surface area contributed by atoms with Gasteiger partial charge in [0.1, 0.15) is 13.2 Å². The smallest absolute Gasteiger partial charge is 0.394 e. The average Bonchev–Trinajstić information content (AvgIpc) is 2.92. The summed E-state index contributed by atoms with van der Waals surface area (Å²) in [6, 6.07) is 5.23. The van der Waals surface area contributed by atoms with Gasteiger partial charge in [-0.2, -0.15) is 13.2 Å². The van der Waals surface area contributed by atoms with E-state index < -0.39 is 27.2 Å². The number of halogens is 3. The van der Waals surface area contributed by atoms with Gasteiger partial charge in [-0.25, -0.2) is 8.42 Å². The van der Waals surface area contributed by atoms with Crippen LogP contribution in [0.1, 0.15) is 5.56 Å². The Labute approximate surface area is 138 Å². The minimum Gasteiger partial charge on any atom is -0.486 e. The summed E-state index contributed by atoms with van der Waals surface area (Å²) >= 11 is 0. The standard InChI is InChI=1S/C15H18F3NO4S/c1-24(20,21)13-9-19(8-11(13)15(16,17)18)7-10-3-2-4-12-14(10)23-6-5-22-12/h2-4,11,13H,5-9H2,1H3/t11-,13-/m1/s1. The molecule has 0 N–H and O–H groups in total. The number of hydrogen-bond acceptors (Lipinski definition) is 5. The van der Waals surface area contributed by atoms with Crippen LogP contribution in [0.2, 0.25) is 0 Å². The number of para-hydroxylation sites is 1. The minimum atomic E-state index is -4.54. The summed E-state index contributed by atoms with van der Waals surface area (Å²) in [5, 5.41) is -1.44. The van der Waals surface area contributed by atoms with E-state index in [9.17, 15) is 21.6 Å². The lowest BCUT2D eigenvalue weighted by Gasteiger charge is -2.23. The van der Waals surface area contributed by atoms with Crippen molar-refractivity contribution in [2.45, 2.75) is 18.0 Å². The first kappa shape index (κ1) is 17.3. The van der Waals surface area contributed by atoms with E-state index in [1.54, 1.807) is 18.2 Å². The van der Waals surface area contributed by atoms with Crippen LogP contribution < -0.4 is 9.47 Å². The molecule has 3 rings (SSSR count). The van der Waals surface area contributed by atoms with Gasteiger partial charge in [0.15, 0.2) is 21.3 Å². The summed E-state index contributed by atoms with van der Waals surface area (Å²) in [6.07, 6.45) is -3.68. The molecule has 0 aromatic heterocycles. The highest BCUT2D eigenvalue weighted by Gasteiger charge is 2.53. The Morgan fingerprint density at radius 2 is 1.92 bits per heavy atom. The van der Waals surface area contributed by atoms with Gasteiger partial charge in [0.05, 0.1) is 11.2 Å². The van der Waals surface area contributed by atoms with Crippen molar-refractivity contribution < 1.29 is 31.1 Å². The molecular formula is C15H18F3NO4S. The molecule has 1 aromatic carbocycles. The molecule has 0 amide bonds. The van der Waals surface area contributed by atoms with Crippen LogP contribution in [0.25, 0.3) is 0 Å². The van der Waals surface area contributed by atoms with Crippen molar-refractivity contribution in [2.24, 2.45) is 5.92 Å². The summed E-state index contributed by atoms with van der Waals surface area (Å²) in [4.78, 5) is 1.51. The third-order valence-corrected chi connectivity index (χ3v) is 5.93. The van der Waals surface area contributed by atoms with Crippen molar-refractivity contribution in [3.8, 4) is 11.5 Å². The summed E-state index contributed by atoms with van der Waals surface area (Å²) < 4.78 is 74.1. The Kier molecular flexibility index (Phi) is 4.41. The maximum absolute atomic E-state index is 13.2. The molecule has 1 fully saturated rings. The summed E-state index contributed by atoms with van der Waals surface area (Å²) in [6.45, 7) is 0.498. The highest BCUT2D eigenvalue weighted by Crippen LogP contribution is 2.39. The number of benzene rings is 1. The Morgan fingerprint density at radius 3 is 2.54 bits per heavy atom. The van der Waals surface area contributed by atoms with Gasteiger partial charge in [0.25, 0.3) is 0 Å². The summed E-state index contributed by atoms with van der Waals surface area (Å²) in [5.41, 5.74) is 0.697. The fourth-order valence-electron chi connectivity index (χ4n) is 3.23. The lowest BCUT2D eigenvalue weighted by Crippen LogP contribution is -2.37. The molecule has 0 spiro atoms. The molecule has 24 heavy (non-hydrogen) atoms. The van der Waals surface area contributed by atoms with Crippen LogP contribution in [0.4, 0.5) is 13.2 Å². The van der Waals surface area contributed by atoms with E-state index in [1.807, 2.05) is 0 Å². The Morgan fingerprint density at radius 1 is 1.21 bits per heavy atom. The molecular weight excluding hydrogens is 347 g/mol. The monoisotopic (exact) mass is 365 g/mol. The summed E-state index contributed by atoms with van der Waals surface area (Å²) in [5.74, 6) is -0.788. The van der Waals surface area contributed by atoms with Crippen molar-refractivity contribution in [2.75, 3.05) is 32.6 Å². The molecule has 134 valence electrons. The largest absolute Gasteiger partial charge is 0.486 e. The van der Waals surface area contributed by atoms with Crippen LogP contribution in [0.5, 0.6) is 11.5 Å². The van der Waals surface area contributed by atoms with Crippen LogP contribution in [-0.4, -0.2) is 57.3 Å². The fraction of sp³-hybridized carbons (Fsp3) is 0.600. The number of likely N-dealkylation sites (tertiary alicyclic amines) is 1. The molecule has 0 unspecified atom stereocenters. The predicted molar refractivity (Wildman–Crippen MR) is 80.9 cm³/mol. The third kappa shape index (κ3) is 3.46. The number of ether oxygens (including phenoxy) is 2. The molecule has 0 radical (unpaired) electrons. The first-order chi connectivity index (χ1) is 11.2. The topological polar surface area (TPSA) is 55.8 Å². The number of fused-ring (bicyclic) bond motifs is 1. The van der Waals surface area contributed by atoms with Crippen LogP contribution in [-0.2, 0) is 16.4 Å². The molecule has 2 atom stereocenters. The second-order valence-corrected chi connectivity index (χ2v) is 8.42. The van der Waals surface area contributed by atoms with Crippen LogP contribution in [0, 0.1) is 5.92 Å². The van der Waals surface area contributed by atoms with E-state index in [2.05, 4.69) is 0 Å². The van der Waals surface area contributed by atoms with Crippen molar-refractivity contribution in [1.82, 2.24) is 4.90 Å². The molecule has 0 aliphatic carbocycles. The Balaban J connectivity index is 1.82. The molecule has 2 aliphatic rings. The van der Waals surface area contributed by atoms with Crippen LogP contribution in [0.3, 0.4) is 0 Å². The van der Waals surface area contributed by atoms with Gasteiger partial charge >= 0.3 is 6.18 Å². The van der Waals surface area contributed by atoms with E-state index in [4.69, 9.17) is 9.47 Å². The van der Waals surface area contributed by atoms with Crippen LogP contribution >= 0.6 is 0 Å². The first-order valence-corrected chi connectivity index (χ1v) is 9.47. The van der Waals surface area contributed by atoms with Crippen molar-refractivity contribution >= 4 is 9.84 Å². The number of hydrogen-bond donors (Lipinski definition) is 0. The first-order valence-electron chi connectivity index (χ1n) is 7.51. The normalized spacial score (nSPS) is 25.0. The van der Waals surface area contributed by atoms with E-state index in [-0.39, 0.29) is 19.6 Å². The van der Waals surface area contributed by atoms with Gasteiger partial charge in [0, 0.05) is 31.5 Å². The van der Waals surface area contributed by atoms with E-state index in [0.29, 0.717) is 30.3 Å². The highest BCUT2D eigenvalue weighted by molar-refractivity contribution is 7.91. The van der Waals surface area contributed by atoms with Gasteiger partial charge in [-0.3, -0.25) is 4.90 Å². The zero-order valence-corrected chi connectivity index (χ0v) is 13.9.